The van der Waals surface area contributed by atoms with Crippen LogP contribution in [0.15, 0.2) is 0 Å². The Kier molecular flexibility index (Phi) is 51.1. The van der Waals surface area contributed by atoms with Gasteiger partial charge in [-0.1, -0.05) is 242 Å². The van der Waals surface area contributed by atoms with Crippen LogP contribution in [0.1, 0.15) is 293 Å². The second kappa shape index (κ2) is 52.4. The van der Waals surface area contributed by atoms with Crippen LogP contribution in [0.4, 0.5) is 0 Å². The lowest BCUT2D eigenvalue weighted by Crippen LogP contribution is -2.30. The summed E-state index contributed by atoms with van der Waals surface area (Å²) in [7, 11) is -9.88. The van der Waals surface area contributed by atoms with Gasteiger partial charge in [0.15, 0.2) is 12.2 Å². The summed E-state index contributed by atoms with van der Waals surface area (Å²) in [5.74, 6) is 0.690. The zero-order valence-electron chi connectivity index (χ0n) is 52.4. The van der Waals surface area contributed by atoms with Crippen molar-refractivity contribution in [1.29, 1.82) is 0 Å². The van der Waals surface area contributed by atoms with Gasteiger partial charge in [0.25, 0.3) is 0 Å². The Morgan fingerprint density at radius 1 is 0.346 bits per heavy atom. The third-order valence-corrected chi connectivity index (χ3v) is 16.3. The molecular formula is C62H120O17P2. The van der Waals surface area contributed by atoms with Crippen molar-refractivity contribution in [3.63, 3.8) is 0 Å². The first-order valence-electron chi connectivity index (χ1n) is 32.2. The van der Waals surface area contributed by atoms with E-state index in [1.165, 1.54) is 89.9 Å². The molecule has 0 aliphatic rings. The summed E-state index contributed by atoms with van der Waals surface area (Å²) in [4.78, 5) is 72.1. The molecule has 0 aromatic rings. The second-order valence-corrected chi connectivity index (χ2v) is 27.0. The number of esters is 4. The molecule has 19 heteroatoms. The standard InChI is InChI=1S/C62H120O17P2/c1-9-55(8)41-33-25-19-21-29-37-45-62(67)79-58(49-73-60(65)43-35-27-17-13-15-23-31-39-53(4)5)51-77-81(70,71)75-47-56(63)46-74-80(68,69)76-50-57(78-61(66)44-36-28-20-18-24-32-40-54(6)7)48-72-59(64)42-34-26-16-12-10-11-14-22-30-38-52(2)3/h52-58,63H,9-51H2,1-8H3,(H,68,69)(H,70,71)/t55?,56?,57-,58-/m1/s1. The van der Waals surface area contributed by atoms with E-state index in [0.717, 1.165) is 108 Å². The van der Waals surface area contributed by atoms with Gasteiger partial charge in [0.2, 0.25) is 0 Å². The number of hydrogen-bond donors (Lipinski definition) is 3. The van der Waals surface area contributed by atoms with Crippen LogP contribution in [0.2, 0.25) is 0 Å². The van der Waals surface area contributed by atoms with E-state index in [9.17, 15) is 43.2 Å². The highest BCUT2D eigenvalue weighted by atomic mass is 31.2. The molecule has 0 heterocycles. The van der Waals surface area contributed by atoms with Crippen LogP contribution in [0, 0.1) is 23.7 Å². The van der Waals surface area contributed by atoms with E-state index in [2.05, 4.69) is 55.4 Å². The molecule has 0 aromatic carbocycles. The molecule has 0 saturated carbocycles. The van der Waals surface area contributed by atoms with Gasteiger partial charge in [-0.2, -0.15) is 0 Å². The maximum Gasteiger partial charge on any atom is 0.472 e. The molecule has 0 aromatic heterocycles. The summed E-state index contributed by atoms with van der Waals surface area (Å²) in [5.41, 5.74) is 0. The fraction of sp³-hybridized carbons (Fsp3) is 0.935. The number of aliphatic hydroxyl groups is 1. The van der Waals surface area contributed by atoms with E-state index >= 15 is 0 Å². The van der Waals surface area contributed by atoms with E-state index in [0.29, 0.717) is 37.5 Å². The van der Waals surface area contributed by atoms with Crippen molar-refractivity contribution in [2.75, 3.05) is 39.6 Å². The highest BCUT2D eigenvalue weighted by Gasteiger charge is 2.30. The lowest BCUT2D eigenvalue weighted by atomic mass is 10.00. The fourth-order valence-electron chi connectivity index (χ4n) is 9.04. The van der Waals surface area contributed by atoms with Crippen LogP contribution in [-0.2, 0) is 65.4 Å². The van der Waals surface area contributed by atoms with Gasteiger partial charge < -0.3 is 33.8 Å². The van der Waals surface area contributed by atoms with Crippen LogP contribution in [0.5, 0.6) is 0 Å². The monoisotopic (exact) mass is 1200 g/mol. The summed E-state index contributed by atoms with van der Waals surface area (Å²) >= 11 is 0. The zero-order valence-corrected chi connectivity index (χ0v) is 54.2. The molecule has 0 fully saturated rings. The molecule has 480 valence electrons. The van der Waals surface area contributed by atoms with Crippen LogP contribution in [0.3, 0.4) is 0 Å². The number of carbonyl (C=O) groups is 4. The molecule has 0 aliphatic heterocycles. The Balaban J connectivity index is 5.24. The largest absolute Gasteiger partial charge is 0.472 e. The Morgan fingerprint density at radius 2 is 0.593 bits per heavy atom. The molecule has 0 radical (unpaired) electrons. The molecule has 0 rings (SSSR count). The number of phosphoric acid groups is 2. The second-order valence-electron chi connectivity index (χ2n) is 24.1. The molecule has 3 N–H and O–H groups in total. The average Bonchev–Trinajstić information content (AvgIpc) is 3.41. The molecule has 17 nitrogen and oxygen atoms in total. The molecule has 0 saturated heterocycles. The average molecular weight is 1200 g/mol. The smallest absolute Gasteiger partial charge is 0.462 e. The van der Waals surface area contributed by atoms with Gasteiger partial charge >= 0.3 is 39.5 Å². The third-order valence-electron chi connectivity index (χ3n) is 14.4. The van der Waals surface area contributed by atoms with Crippen molar-refractivity contribution in [2.45, 2.75) is 311 Å². The maximum atomic E-state index is 12.9. The highest BCUT2D eigenvalue weighted by molar-refractivity contribution is 7.47. The zero-order chi connectivity index (χ0) is 60.4. The molecule has 0 bridgehead atoms. The number of rotatable bonds is 59. The van der Waals surface area contributed by atoms with Crippen molar-refractivity contribution in [3.8, 4) is 0 Å². The van der Waals surface area contributed by atoms with Crippen molar-refractivity contribution in [3.05, 3.63) is 0 Å². The lowest BCUT2D eigenvalue weighted by molar-refractivity contribution is -0.161. The quantitative estimate of drug-likeness (QED) is 0.0222. The molecule has 0 spiro atoms. The molecule has 0 amide bonds. The number of ether oxygens (including phenoxy) is 4. The SMILES string of the molecule is CCC(C)CCCCCCCCC(=O)O[C@H](COC(=O)CCCCCCCCCC(C)C)COP(=O)(O)OCC(O)COP(=O)(O)OC[C@@H](COC(=O)CCCCCCCCCCCC(C)C)OC(=O)CCCCCCCCC(C)C. The Bertz CT molecular complexity index is 1630. The topological polar surface area (TPSA) is 237 Å². The van der Waals surface area contributed by atoms with Crippen molar-refractivity contribution < 1.29 is 80.2 Å². The van der Waals surface area contributed by atoms with E-state index in [-0.39, 0.29) is 25.7 Å². The number of carbonyl (C=O) groups excluding carboxylic acids is 4. The summed E-state index contributed by atoms with van der Waals surface area (Å²) < 4.78 is 67.8. The van der Waals surface area contributed by atoms with Gasteiger partial charge in [0.05, 0.1) is 26.4 Å². The third kappa shape index (κ3) is 55.7. The van der Waals surface area contributed by atoms with Crippen LogP contribution in [0.25, 0.3) is 0 Å². The minimum Gasteiger partial charge on any atom is -0.462 e. The minimum atomic E-state index is -4.94. The van der Waals surface area contributed by atoms with Crippen LogP contribution in [-0.4, -0.2) is 96.7 Å². The van der Waals surface area contributed by atoms with Gasteiger partial charge in [-0.3, -0.25) is 37.3 Å². The van der Waals surface area contributed by atoms with E-state index in [1.54, 1.807) is 0 Å². The summed E-state index contributed by atoms with van der Waals surface area (Å²) in [6.45, 7) is 13.9. The van der Waals surface area contributed by atoms with Gasteiger partial charge in [0.1, 0.15) is 19.3 Å². The number of aliphatic hydroxyl groups excluding tert-OH is 1. The minimum absolute atomic E-state index is 0.101. The van der Waals surface area contributed by atoms with E-state index in [4.69, 9.17) is 37.0 Å². The first-order chi connectivity index (χ1) is 38.6. The van der Waals surface area contributed by atoms with Crippen molar-refractivity contribution in [2.24, 2.45) is 23.7 Å². The highest BCUT2D eigenvalue weighted by Crippen LogP contribution is 2.45. The molecule has 81 heavy (non-hydrogen) atoms. The first kappa shape index (κ1) is 79.1. The van der Waals surface area contributed by atoms with E-state index < -0.39 is 97.5 Å². The first-order valence-corrected chi connectivity index (χ1v) is 35.2. The predicted octanol–water partition coefficient (Wildman–Crippen LogP) is 16.6. The van der Waals surface area contributed by atoms with Gasteiger partial charge in [-0.05, 0) is 49.4 Å². The van der Waals surface area contributed by atoms with Gasteiger partial charge in [-0.15, -0.1) is 0 Å². The fourth-order valence-corrected chi connectivity index (χ4v) is 10.6. The summed E-state index contributed by atoms with van der Waals surface area (Å²) in [6, 6.07) is 0. The Labute approximate surface area is 492 Å². The maximum absolute atomic E-state index is 12.9. The van der Waals surface area contributed by atoms with Crippen LogP contribution < -0.4 is 0 Å². The predicted molar refractivity (Wildman–Crippen MR) is 321 cm³/mol. The summed E-state index contributed by atoms with van der Waals surface area (Å²) in [6.07, 6.45) is 31.0. The molecule has 6 atom stereocenters. The van der Waals surface area contributed by atoms with E-state index in [1.807, 2.05) is 0 Å². The van der Waals surface area contributed by atoms with Gasteiger partial charge in [0, 0.05) is 25.7 Å². The van der Waals surface area contributed by atoms with Crippen molar-refractivity contribution >= 4 is 39.5 Å². The number of unbranched alkanes of at least 4 members (excludes halogenated alkanes) is 24. The number of phosphoric ester groups is 2. The summed E-state index contributed by atoms with van der Waals surface area (Å²) in [5, 5.41) is 10.5. The van der Waals surface area contributed by atoms with Crippen LogP contribution >= 0.6 is 15.6 Å². The molecule has 0 aliphatic carbocycles. The Hall–Kier alpha value is -1.94. The normalized spacial score (nSPS) is 14.8. The lowest BCUT2D eigenvalue weighted by Gasteiger charge is -2.21. The molecular weight excluding hydrogens is 1080 g/mol. The molecule has 4 unspecified atom stereocenters. The van der Waals surface area contributed by atoms with Crippen molar-refractivity contribution in [1.82, 2.24) is 0 Å². The van der Waals surface area contributed by atoms with Gasteiger partial charge in [-0.25, -0.2) is 9.13 Å². The Morgan fingerprint density at radius 3 is 0.877 bits per heavy atom. The number of hydrogen-bond acceptors (Lipinski definition) is 15.